The van der Waals surface area contributed by atoms with Gasteiger partial charge in [-0.1, -0.05) is 23.7 Å². The van der Waals surface area contributed by atoms with Crippen LogP contribution in [0.5, 0.6) is 0 Å². The van der Waals surface area contributed by atoms with Gasteiger partial charge in [-0.2, -0.15) is 0 Å². The fraction of sp³-hybridized carbons (Fsp3) is 0. The van der Waals surface area contributed by atoms with Crippen molar-refractivity contribution in [2.24, 2.45) is 0 Å². The minimum absolute atomic E-state index is 0.0126. The normalized spacial score (nSPS) is 10.4. The molecule has 0 amide bonds. The number of halogens is 1. The molecule has 0 radical (unpaired) electrons. The Hall–Kier alpha value is -2.14. The maximum Gasteiger partial charge on any atom is 0.338 e. The molecule has 1 aromatic carbocycles. The Bertz CT molecular complexity index is 639. The molecular weight excluding hydrogens is 246 g/mol. The van der Waals surface area contributed by atoms with Crippen molar-refractivity contribution in [3.05, 3.63) is 40.5 Å². The molecule has 0 aliphatic rings. The number of carbonyl (C=O) groups is 2. The van der Waals surface area contributed by atoms with Crippen LogP contribution in [0.1, 0.15) is 20.7 Å². The Morgan fingerprint density at radius 3 is 2.35 bits per heavy atom. The molecule has 0 spiro atoms. The van der Waals surface area contributed by atoms with Crippen LogP contribution in [0.25, 0.3) is 10.9 Å². The third-order valence-corrected chi connectivity index (χ3v) is 2.55. The van der Waals surface area contributed by atoms with Crippen LogP contribution in [0.3, 0.4) is 0 Å². The number of carboxylic acid groups (broad SMARTS) is 2. The molecular formula is C11H6ClNO4. The monoisotopic (exact) mass is 251 g/mol. The van der Waals surface area contributed by atoms with Crippen LogP contribution < -0.4 is 0 Å². The summed E-state index contributed by atoms with van der Waals surface area (Å²) in [5.41, 5.74) is 0.0121. The van der Waals surface area contributed by atoms with E-state index < -0.39 is 11.9 Å². The number of hydrogen-bond acceptors (Lipinski definition) is 3. The zero-order chi connectivity index (χ0) is 12.6. The molecule has 0 saturated carbocycles. The standard InChI is InChI=1S/C11H6ClNO4/c12-9-7(11(16)17)4-5-2-1-3-6(10(14)15)8(5)13-9/h1-4H,(H,14,15)(H,16,17). The Morgan fingerprint density at radius 1 is 1.12 bits per heavy atom. The largest absolute Gasteiger partial charge is 0.478 e. The molecule has 1 aromatic heterocycles. The highest BCUT2D eigenvalue weighted by Crippen LogP contribution is 2.23. The average molecular weight is 252 g/mol. The number of pyridine rings is 1. The number of nitrogens with zero attached hydrogens (tertiary/aromatic N) is 1. The first-order valence-corrected chi connectivity index (χ1v) is 4.94. The van der Waals surface area contributed by atoms with Crippen molar-refractivity contribution >= 4 is 34.4 Å². The zero-order valence-corrected chi connectivity index (χ0v) is 9.10. The van der Waals surface area contributed by atoms with Crippen LogP contribution in [-0.4, -0.2) is 27.1 Å². The molecule has 17 heavy (non-hydrogen) atoms. The molecule has 5 nitrogen and oxygen atoms in total. The van der Waals surface area contributed by atoms with E-state index in [1.165, 1.54) is 18.2 Å². The SMILES string of the molecule is O=C(O)c1cc2cccc(C(=O)O)c2nc1Cl. The second-order valence-corrected chi connectivity index (χ2v) is 3.67. The molecule has 86 valence electrons. The molecule has 0 saturated heterocycles. The van der Waals surface area contributed by atoms with E-state index in [1.807, 2.05) is 0 Å². The van der Waals surface area contributed by atoms with Crippen LogP contribution in [0.15, 0.2) is 24.3 Å². The molecule has 0 atom stereocenters. The lowest BCUT2D eigenvalue weighted by Gasteiger charge is -2.04. The van der Waals surface area contributed by atoms with Gasteiger partial charge in [0.2, 0.25) is 0 Å². The van der Waals surface area contributed by atoms with Gasteiger partial charge in [0.1, 0.15) is 5.15 Å². The molecule has 0 bridgehead atoms. The van der Waals surface area contributed by atoms with Crippen molar-refractivity contribution in [2.75, 3.05) is 0 Å². The van der Waals surface area contributed by atoms with Crippen molar-refractivity contribution in [3.8, 4) is 0 Å². The van der Waals surface area contributed by atoms with E-state index in [9.17, 15) is 9.59 Å². The summed E-state index contributed by atoms with van der Waals surface area (Å²) in [7, 11) is 0. The summed E-state index contributed by atoms with van der Waals surface area (Å²) in [6.07, 6.45) is 0. The van der Waals surface area contributed by atoms with Gasteiger partial charge in [-0.15, -0.1) is 0 Å². The Morgan fingerprint density at radius 2 is 1.76 bits per heavy atom. The van der Waals surface area contributed by atoms with E-state index in [4.69, 9.17) is 21.8 Å². The second kappa shape index (κ2) is 4.03. The van der Waals surface area contributed by atoms with Crippen LogP contribution >= 0.6 is 11.6 Å². The molecule has 6 heteroatoms. The highest BCUT2D eigenvalue weighted by Gasteiger charge is 2.15. The highest BCUT2D eigenvalue weighted by atomic mass is 35.5. The fourth-order valence-electron chi connectivity index (χ4n) is 1.50. The number of benzene rings is 1. The molecule has 0 fully saturated rings. The smallest absolute Gasteiger partial charge is 0.338 e. The lowest BCUT2D eigenvalue weighted by atomic mass is 10.1. The topological polar surface area (TPSA) is 87.5 Å². The molecule has 2 aromatic rings. The molecule has 0 aliphatic carbocycles. The van der Waals surface area contributed by atoms with Crippen molar-refractivity contribution in [1.82, 2.24) is 4.98 Å². The molecule has 1 heterocycles. The van der Waals surface area contributed by atoms with E-state index in [0.717, 1.165) is 0 Å². The van der Waals surface area contributed by atoms with Crippen molar-refractivity contribution in [1.29, 1.82) is 0 Å². The third kappa shape index (κ3) is 1.92. The maximum absolute atomic E-state index is 10.9. The summed E-state index contributed by atoms with van der Waals surface area (Å²) in [5.74, 6) is -2.34. The summed E-state index contributed by atoms with van der Waals surface area (Å²) >= 11 is 5.69. The van der Waals surface area contributed by atoms with Gasteiger partial charge < -0.3 is 10.2 Å². The quantitative estimate of drug-likeness (QED) is 0.800. The van der Waals surface area contributed by atoms with E-state index in [1.54, 1.807) is 6.07 Å². The summed E-state index contributed by atoms with van der Waals surface area (Å²) in [5, 5.41) is 18.0. The number of hydrogen-bond donors (Lipinski definition) is 2. The first kappa shape index (κ1) is 11.3. The number of aromatic carboxylic acids is 2. The number of aromatic nitrogens is 1. The van der Waals surface area contributed by atoms with Gasteiger partial charge in [-0.3, -0.25) is 0 Å². The van der Waals surface area contributed by atoms with Crippen molar-refractivity contribution in [2.45, 2.75) is 0 Å². The van der Waals surface area contributed by atoms with E-state index >= 15 is 0 Å². The number of fused-ring (bicyclic) bond motifs is 1. The predicted molar refractivity (Wildman–Crippen MR) is 60.7 cm³/mol. The average Bonchev–Trinajstić information content (AvgIpc) is 2.26. The summed E-state index contributed by atoms with van der Waals surface area (Å²) in [4.78, 5) is 25.6. The summed E-state index contributed by atoms with van der Waals surface area (Å²) in [6, 6.07) is 5.79. The molecule has 2 N–H and O–H groups in total. The number of para-hydroxylation sites is 1. The van der Waals surface area contributed by atoms with Gasteiger partial charge >= 0.3 is 11.9 Å². The van der Waals surface area contributed by atoms with Crippen LogP contribution in [-0.2, 0) is 0 Å². The number of rotatable bonds is 2. The molecule has 0 unspecified atom stereocenters. The Kier molecular flexibility index (Phi) is 2.69. The fourth-order valence-corrected chi connectivity index (χ4v) is 1.72. The van der Waals surface area contributed by atoms with Gasteiger partial charge in [-0.25, -0.2) is 14.6 Å². The highest BCUT2D eigenvalue weighted by molar-refractivity contribution is 6.33. The first-order valence-electron chi connectivity index (χ1n) is 4.56. The van der Waals surface area contributed by atoms with Gasteiger partial charge in [0, 0.05) is 5.39 Å². The number of carboxylic acids is 2. The van der Waals surface area contributed by atoms with Gasteiger partial charge in [-0.05, 0) is 12.1 Å². The predicted octanol–water partition coefficient (Wildman–Crippen LogP) is 2.28. The van der Waals surface area contributed by atoms with Gasteiger partial charge in [0.05, 0.1) is 16.6 Å². The minimum Gasteiger partial charge on any atom is -0.478 e. The van der Waals surface area contributed by atoms with E-state index in [0.29, 0.717) is 5.39 Å². The van der Waals surface area contributed by atoms with Gasteiger partial charge in [0.15, 0.2) is 0 Å². The van der Waals surface area contributed by atoms with Gasteiger partial charge in [0.25, 0.3) is 0 Å². The molecule has 2 rings (SSSR count). The summed E-state index contributed by atoms with van der Waals surface area (Å²) < 4.78 is 0. The minimum atomic E-state index is -1.20. The van der Waals surface area contributed by atoms with E-state index in [-0.39, 0.29) is 21.8 Å². The third-order valence-electron chi connectivity index (χ3n) is 2.26. The van der Waals surface area contributed by atoms with Crippen LogP contribution in [0.4, 0.5) is 0 Å². The van der Waals surface area contributed by atoms with Crippen LogP contribution in [0.2, 0.25) is 5.15 Å². The lowest BCUT2D eigenvalue weighted by molar-refractivity contribution is 0.0688. The first-order chi connectivity index (χ1) is 8.00. The zero-order valence-electron chi connectivity index (χ0n) is 8.35. The Labute approximate surface area is 100 Å². The summed E-state index contributed by atoms with van der Waals surface area (Å²) in [6.45, 7) is 0. The molecule has 0 aliphatic heterocycles. The van der Waals surface area contributed by atoms with Crippen molar-refractivity contribution < 1.29 is 19.8 Å². The second-order valence-electron chi connectivity index (χ2n) is 3.31. The van der Waals surface area contributed by atoms with E-state index in [2.05, 4.69) is 4.98 Å². The lowest BCUT2D eigenvalue weighted by Crippen LogP contribution is -2.03. The van der Waals surface area contributed by atoms with Crippen LogP contribution in [0, 0.1) is 0 Å². The van der Waals surface area contributed by atoms with Crippen molar-refractivity contribution in [3.63, 3.8) is 0 Å². The Balaban J connectivity index is 2.82. The maximum atomic E-state index is 10.9.